The third kappa shape index (κ3) is 3.01. The first-order valence-electron chi connectivity index (χ1n) is 4.32. The van der Waals surface area contributed by atoms with E-state index in [1.807, 2.05) is 20.8 Å². The van der Waals surface area contributed by atoms with Crippen LogP contribution in [-0.2, 0) is 4.79 Å². The van der Waals surface area contributed by atoms with Crippen LogP contribution in [0.4, 0.5) is 0 Å². The van der Waals surface area contributed by atoms with Crippen molar-refractivity contribution in [3.63, 3.8) is 0 Å². The van der Waals surface area contributed by atoms with Crippen LogP contribution < -0.4 is 5.43 Å². The van der Waals surface area contributed by atoms with E-state index in [0.717, 1.165) is 30.7 Å². The maximum Gasteiger partial charge on any atom is 0.263 e. The zero-order chi connectivity index (χ0) is 9.14. The highest BCUT2D eigenvalue weighted by Crippen LogP contribution is 2.08. The number of hydrogen-bond acceptors (Lipinski definition) is 2. The fourth-order valence-corrected chi connectivity index (χ4v) is 1.12. The highest BCUT2D eigenvalue weighted by Gasteiger charge is 2.18. The molecule has 0 unspecified atom stereocenters. The molecule has 1 aliphatic rings. The summed E-state index contributed by atoms with van der Waals surface area (Å²) in [4.78, 5) is 11.6. The number of allylic oxidation sites excluding steroid dienone is 1. The van der Waals surface area contributed by atoms with Gasteiger partial charge in [0.2, 0.25) is 0 Å². The molecule has 0 saturated carbocycles. The quantitative estimate of drug-likeness (QED) is 0.657. The number of rotatable bonds is 1. The summed E-state index contributed by atoms with van der Waals surface area (Å²) >= 11 is 0. The molecule has 0 atom stereocenters. The average Bonchev–Trinajstić information content (AvgIpc) is 2.53. The Kier molecular flexibility index (Phi) is 5.03. The third-order valence-electron chi connectivity index (χ3n) is 2.18. The van der Waals surface area contributed by atoms with Crippen molar-refractivity contribution in [2.75, 3.05) is 13.1 Å². The molecule has 0 aromatic rings. The van der Waals surface area contributed by atoms with E-state index in [1.165, 1.54) is 0 Å². The van der Waals surface area contributed by atoms with Gasteiger partial charge in [0.15, 0.2) is 0 Å². The Hall–Kier alpha value is -0.540. The molecule has 0 aromatic carbocycles. The molecule has 0 radical (unpaired) electrons. The molecule has 1 amide bonds. The standard InChI is InChI=1S/C9H16N2O.ClH/c1-7(2)8(3)9(12)11-6-4-5-10-11;/h10H,4-6H2,1-3H3;1H. The number of hydrogen-bond donors (Lipinski definition) is 1. The van der Waals surface area contributed by atoms with Crippen molar-refractivity contribution in [2.45, 2.75) is 27.2 Å². The summed E-state index contributed by atoms with van der Waals surface area (Å²) in [6.45, 7) is 7.55. The maximum absolute atomic E-state index is 11.6. The van der Waals surface area contributed by atoms with Gasteiger partial charge in [0.05, 0.1) is 0 Å². The summed E-state index contributed by atoms with van der Waals surface area (Å²) in [5, 5.41) is 1.70. The van der Waals surface area contributed by atoms with Gasteiger partial charge in [-0.1, -0.05) is 5.57 Å². The van der Waals surface area contributed by atoms with Crippen LogP contribution in [0.5, 0.6) is 0 Å². The Labute approximate surface area is 85.6 Å². The minimum atomic E-state index is 0. The van der Waals surface area contributed by atoms with E-state index in [9.17, 15) is 4.79 Å². The van der Waals surface area contributed by atoms with E-state index in [2.05, 4.69) is 5.43 Å². The van der Waals surface area contributed by atoms with Gasteiger partial charge in [-0.05, 0) is 27.2 Å². The molecular formula is C9H17ClN2O. The van der Waals surface area contributed by atoms with Crippen LogP contribution in [-0.4, -0.2) is 24.0 Å². The summed E-state index contributed by atoms with van der Waals surface area (Å²) in [7, 11) is 0. The molecule has 0 aromatic heterocycles. The van der Waals surface area contributed by atoms with Gasteiger partial charge in [-0.3, -0.25) is 9.80 Å². The SMILES string of the molecule is CC(C)=C(C)C(=O)N1CCCN1.Cl. The van der Waals surface area contributed by atoms with Crippen LogP contribution in [0.3, 0.4) is 0 Å². The lowest BCUT2D eigenvalue weighted by molar-refractivity contribution is -0.128. The first-order valence-corrected chi connectivity index (χ1v) is 4.32. The van der Waals surface area contributed by atoms with E-state index >= 15 is 0 Å². The molecule has 1 rings (SSSR count). The number of hydrazine groups is 1. The van der Waals surface area contributed by atoms with Crippen molar-refractivity contribution in [1.29, 1.82) is 0 Å². The second-order valence-corrected chi connectivity index (χ2v) is 3.34. The van der Waals surface area contributed by atoms with Gasteiger partial charge in [0.1, 0.15) is 0 Å². The van der Waals surface area contributed by atoms with Crippen molar-refractivity contribution < 1.29 is 4.79 Å². The molecule has 76 valence electrons. The van der Waals surface area contributed by atoms with Crippen LogP contribution >= 0.6 is 12.4 Å². The number of carbonyl (C=O) groups excluding carboxylic acids is 1. The third-order valence-corrected chi connectivity index (χ3v) is 2.18. The lowest BCUT2D eigenvalue weighted by Crippen LogP contribution is -2.37. The Bertz CT molecular complexity index is 216. The van der Waals surface area contributed by atoms with Gasteiger partial charge < -0.3 is 0 Å². The number of amides is 1. The average molecular weight is 205 g/mol. The largest absolute Gasteiger partial charge is 0.274 e. The van der Waals surface area contributed by atoms with Crippen LogP contribution in [0.1, 0.15) is 27.2 Å². The number of nitrogens with one attached hydrogen (secondary N) is 1. The predicted octanol–water partition coefficient (Wildman–Crippen LogP) is 1.50. The zero-order valence-corrected chi connectivity index (χ0v) is 9.20. The Balaban J connectivity index is 0.00000144. The van der Waals surface area contributed by atoms with Gasteiger partial charge >= 0.3 is 0 Å². The van der Waals surface area contributed by atoms with Gasteiger partial charge in [-0.25, -0.2) is 5.43 Å². The van der Waals surface area contributed by atoms with Gasteiger partial charge in [-0.2, -0.15) is 0 Å². The molecule has 1 N–H and O–H groups in total. The first kappa shape index (κ1) is 12.5. The zero-order valence-electron chi connectivity index (χ0n) is 8.39. The highest BCUT2D eigenvalue weighted by molar-refractivity contribution is 5.93. The fraction of sp³-hybridized carbons (Fsp3) is 0.667. The van der Waals surface area contributed by atoms with Gasteiger partial charge in [-0.15, -0.1) is 12.4 Å². The molecule has 3 nitrogen and oxygen atoms in total. The number of nitrogens with zero attached hydrogens (tertiary/aromatic N) is 1. The van der Waals surface area contributed by atoms with Crippen LogP contribution in [0.2, 0.25) is 0 Å². The van der Waals surface area contributed by atoms with Crippen molar-refractivity contribution in [2.24, 2.45) is 0 Å². The van der Waals surface area contributed by atoms with E-state index in [0.29, 0.717) is 0 Å². The second-order valence-electron chi connectivity index (χ2n) is 3.34. The summed E-state index contributed by atoms with van der Waals surface area (Å²) in [5.41, 5.74) is 4.98. The molecule has 0 bridgehead atoms. The van der Waals surface area contributed by atoms with E-state index in [1.54, 1.807) is 5.01 Å². The van der Waals surface area contributed by atoms with E-state index < -0.39 is 0 Å². The summed E-state index contributed by atoms with van der Waals surface area (Å²) in [6, 6.07) is 0. The molecule has 1 saturated heterocycles. The minimum absolute atomic E-state index is 0. The summed E-state index contributed by atoms with van der Waals surface area (Å²) in [6.07, 6.45) is 1.06. The van der Waals surface area contributed by atoms with Crippen molar-refractivity contribution in [3.05, 3.63) is 11.1 Å². The van der Waals surface area contributed by atoms with Gasteiger partial charge in [0.25, 0.3) is 5.91 Å². The van der Waals surface area contributed by atoms with Crippen LogP contribution in [0, 0.1) is 0 Å². The fourth-order valence-electron chi connectivity index (χ4n) is 1.12. The minimum Gasteiger partial charge on any atom is -0.274 e. The smallest absolute Gasteiger partial charge is 0.263 e. The maximum atomic E-state index is 11.6. The van der Waals surface area contributed by atoms with Crippen LogP contribution in [0.25, 0.3) is 0 Å². The Morgan fingerprint density at radius 2 is 1.92 bits per heavy atom. The Morgan fingerprint density at radius 1 is 1.31 bits per heavy atom. The lowest BCUT2D eigenvalue weighted by atomic mass is 10.1. The number of carbonyl (C=O) groups is 1. The first-order chi connectivity index (χ1) is 5.63. The molecular weight excluding hydrogens is 188 g/mol. The summed E-state index contributed by atoms with van der Waals surface area (Å²) in [5.74, 6) is 0.118. The molecule has 1 aliphatic heterocycles. The molecule has 13 heavy (non-hydrogen) atoms. The Morgan fingerprint density at radius 3 is 2.31 bits per heavy atom. The van der Waals surface area contributed by atoms with Gasteiger partial charge in [0, 0.05) is 18.7 Å². The van der Waals surface area contributed by atoms with E-state index in [-0.39, 0.29) is 18.3 Å². The van der Waals surface area contributed by atoms with Crippen molar-refractivity contribution in [3.8, 4) is 0 Å². The second kappa shape index (κ2) is 5.25. The van der Waals surface area contributed by atoms with Crippen molar-refractivity contribution in [1.82, 2.24) is 10.4 Å². The highest BCUT2D eigenvalue weighted by atomic mass is 35.5. The molecule has 1 heterocycles. The van der Waals surface area contributed by atoms with E-state index in [4.69, 9.17) is 0 Å². The van der Waals surface area contributed by atoms with Crippen LogP contribution in [0.15, 0.2) is 11.1 Å². The monoisotopic (exact) mass is 204 g/mol. The molecule has 0 spiro atoms. The predicted molar refractivity (Wildman–Crippen MR) is 55.6 cm³/mol. The normalized spacial score (nSPS) is 15.2. The lowest BCUT2D eigenvalue weighted by Gasteiger charge is -2.16. The molecule has 0 aliphatic carbocycles. The van der Waals surface area contributed by atoms with Crippen molar-refractivity contribution >= 4 is 18.3 Å². The number of halogens is 1. The molecule has 4 heteroatoms. The topological polar surface area (TPSA) is 32.3 Å². The summed E-state index contributed by atoms with van der Waals surface area (Å²) < 4.78 is 0. The molecule has 1 fully saturated rings.